The van der Waals surface area contributed by atoms with Crippen LogP contribution in [0.1, 0.15) is 58.3 Å². The average molecular weight is 248 g/mol. The minimum absolute atomic E-state index is 0.213. The first-order valence-corrected chi connectivity index (χ1v) is 7.52. The van der Waals surface area contributed by atoms with E-state index < -0.39 is 5.97 Å². The van der Waals surface area contributed by atoms with Crippen LogP contribution < -0.4 is 0 Å². The molecule has 0 aromatic heterocycles. The van der Waals surface area contributed by atoms with E-state index in [1.165, 1.54) is 44.1 Å². The van der Waals surface area contributed by atoms with Gasteiger partial charge in [-0.2, -0.15) is 0 Å². The third kappa shape index (κ3) is 2.00. The summed E-state index contributed by atoms with van der Waals surface area (Å²) in [7, 11) is 0. The summed E-state index contributed by atoms with van der Waals surface area (Å²) in [4.78, 5) is 10.8. The minimum Gasteiger partial charge on any atom is -0.481 e. The highest BCUT2D eigenvalue weighted by molar-refractivity contribution is 5.68. The Bertz CT molecular complexity index is 345. The van der Waals surface area contributed by atoms with E-state index in [1.807, 2.05) is 6.08 Å². The molecule has 4 aliphatic carbocycles. The molecule has 4 fully saturated rings. The van der Waals surface area contributed by atoms with E-state index >= 15 is 0 Å². The van der Waals surface area contributed by atoms with Gasteiger partial charge in [0, 0.05) is 0 Å². The van der Waals surface area contributed by atoms with Crippen molar-refractivity contribution in [3.8, 4) is 0 Å². The number of carbonyl (C=O) groups is 1. The summed E-state index contributed by atoms with van der Waals surface area (Å²) >= 11 is 0. The molecule has 2 nitrogen and oxygen atoms in total. The van der Waals surface area contributed by atoms with Crippen molar-refractivity contribution < 1.29 is 9.90 Å². The quantitative estimate of drug-likeness (QED) is 0.763. The predicted molar refractivity (Wildman–Crippen MR) is 71.2 cm³/mol. The van der Waals surface area contributed by atoms with Crippen molar-refractivity contribution in [1.29, 1.82) is 0 Å². The molecule has 0 unspecified atom stereocenters. The molecule has 4 aliphatic rings. The Balaban J connectivity index is 1.85. The fourth-order valence-corrected chi connectivity index (χ4v) is 5.45. The second kappa shape index (κ2) is 4.40. The van der Waals surface area contributed by atoms with Crippen molar-refractivity contribution in [2.45, 2.75) is 58.3 Å². The zero-order valence-corrected chi connectivity index (χ0v) is 11.3. The van der Waals surface area contributed by atoms with Gasteiger partial charge in [-0.1, -0.05) is 18.6 Å². The molecule has 4 bridgehead atoms. The Morgan fingerprint density at radius 1 is 1.17 bits per heavy atom. The van der Waals surface area contributed by atoms with Crippen LogP contribution in [-0.2, 0) is 4.79 Å². The van der Waals surface area contributed by atoms with Gasteiger partial charge < -0.3 is 5.11 Å². The first-order valence-electron chi connectivity index (χ1n) is 7.52. The highest BCUT2D eigenvalue weighted by Crippen LogP contribution is 2.63. The fourth-order valence-electron chi connectivity index (χ4n) is 5.45. The van der Waals surface area contributed by atoms with E-state index in [-0.39, 0.29) is 6.42 Å². The maximum atomic E-state index is 10.8. The monoisotopic (exact) mass is 248 g/mol. The lowest BCUT2D eigenvalue weighted by molar-refractivity contribution is -0.136. The summed E-state index contributed by atoms with van der Waals surface area (Å²) in [5.41, 5.74) is 1.86. The van der Waals surface area contributed by atoms with Gasteiger partial charge in [-0.05, 0) is 68.1 Å². The van der Waals surface area contributed by atoms with Crippen LogP contribution in [0.5, 0.6) is 0 Å². The van der Waals surface area contributed by atoms with Gasteiger partial charge in [-0.25, -0.2) is 0 Å². The standard InChI is InChI=1S/C16H24O2/c1-2-14(3-4-15(17)18)16-8-11-5-12(9-16)7-13(6-11)10-16/h3,11-13H,2,4-10H2,1H3,(H,17,18)/b14-3+. The SMILES string of the molecule is CC/C(=C\CC(=O)O)C12CC3CC(CC(C3)C1)C2. The van der Waals surface area contributed by atoms with Crippen LogP contribution in [0.4, 0.5) is 0 Å². The highest BCUT2D eigenvalue weighted by atomic mass is 16.4. The first kappa shape index (κ1) is 12.3. The Hall–Kier alpha value is -0.790. The molecule has 4 saturated carbocycles. The van der Waals surface area contributed by atoms with Gasteiger partial charge in [-0.15, -0.1) is 0 Å². The molecule has 0 spiro atoms. The van der Waals surface area contributed by atoms with Gasteiger partial charge in [0.15, 0.2) is 0 Å². The highest BCUT2D eigenvalue weighted by Gasteiger charge is 2.51. The topological polar surface area (TPSA) is 37.3 Å². The smallest absolute Gasteiger partial charge is 0.307 e. The molecule has 0 heterocycles. The molecule has 0 aromatic carbocycles. The minimum atomic E-state index is -0.689. The van der Waals surface area contributed by atoms with Crippen LogP contribution in [0.25, 0.3) is 0 Å². The maximum absolute atomic E-state index is 10.8. The number of aliphatic carboxylic acids is 1. The normalized spacial score (nSPS) is 42.3. The molecule has 18 heavy (non-hydrogen) atoms. The Labute approximate surface area is 109 Å². The number of allylic oxidation sites excluding steroid dienone is 1. The van der Waals surface area contributed by atoms with Crippen LogP contribution in [0.2, 0.25) is 0 Å². The van der Waals surface area contributed by atoms with E-state index in [2.05, 4.69) is 6.92 Å². The van der Waals surface area contributed by atoms with Crippen LogP contribution in [0, 0.1) is 23.2 Å². The molecule has 2 heteroatoms. The van der Waals surface area contributed by atoms with Gasteiger partial charge in [0.2, 0.25) is 0 Å². The lowest BCUT2D eigenvalue weighted by atomic mass is 9.47. The van der Waals surface area contributed by atoms with E-state index in [1.54, 1.807) is 0 Å². The molecule has 100 valence electrons. The molecular weight excluding hydrogens is 224 g/mol. The molecule has 0 radical (unpaired) electrons. The van der Waals surface area contributed by atoms with Gasteiger partial charge in [0.25, 0.3) is 0 Å². The summed E-state index contributed by atoms with van der Waals surface area (Å²) in [5, 5.41) is 8.90. The van der Waals surface area contributed by atoms with Crippen molar-refractivity contribution >= 4 is 5.97 Å². The number of hydrogen-bond acceptors (Lipinski definition) is 1. The molecular formula is C16H24O2. The van der Waals surface area contributed by atoms with Gasteiger partial charge >= 0.3 is 5.97 Å². The predicted octanol–water partition coefficient (Wildman–Crippen LogP) is 4.01. The summed E-state index contributed by atoms with van der Waals surface area (Å²) in [5.74, 6) is 2.13. The maximum Gasteiger partial charge on any atom is 0.307 e. The van der Waals surface area contributed by atoms with Crippen molar-refractivity contribution in [2.75, 3.05) is 0 Å². The Kier molecular flexibility index (Phi) is 2.99. The van der Waals surface area contributed by atoms with E-state index in [0.717, 1.165) is 24.2 Å². The van der Waals surface area contributed by atoms with E-state index in [9.17, 15) is 4.79 Å². The van der Waals surface area contributed by atoms with Gasteiger partial charge in [-0.3, -0.25) is 4.79 Å². The number of rotatable bonds is 4. The van der Waals surface area contributed by atoms with E-state index in [4.69, 9.17) is 5.11 Å². The summed E-state index contributed by atoms with van der Waals surface area (Å²) in [6.07, 6.45) is 11.7. The Morgan fingerprint density at radius 2 is 1.67 bits per heavy atom. The second-order valence-electron chi connectivity index (χ2n) is 6.88. The second-order valence-corrected chi connectivity index (χ2v) is 6.88. The molecule has 1 N–H and O–H groups in total. The summed E-state index contributed by atoms with van der Waals surface area (Å²) in [6, 6.07) is 0. The number of carboxylic acids is 1. The average Bonchev–Trinajstić information content (AvgIpc) is 2.26. The number of carboxylic acid groups (broad SMARTS) is 1. The van der Waals surface area contributed by atoms with Crippen LogP contribution in [-0.4, -0.2) is 11.1 Å². The molecule has 0 amide bonds. The van der Waals surface area contributed by atoms with Crippen LogP contribution in [0.3, 0.4) is 0 Å². The third-order valence-corrected chi connectivity index (χ3v) is 5.62. The van der Waals surface area contributed by atoms with Gasteiger partial charge in [0.1, 0.15) is 0 Å². The Morgan fingerprint density at radius 3 is 2.06 bits per heavy atom. The van der Waals surface area contributed by atoms with Crippen molar-refractivity contribution in [1.82, 2.24) is 0 Å². The summed E-state index contributed by atoms with van der Waals surface area (Å²) in [6.45, 7) is 2.20. The van der Waals surface area contributed by atoms with Crippen molar-refractivity contribution in [2.24, 2.45) is 23.2 Å². The van der Waals surface area contributed by atoms with Crippen molar-refractivity contribution in [3.05, 3.63) is 11.6 Å². The zero-order valence-electron chi connectivity index (χ0n) is 11.3. The number of hydrogen-bond donors (Lipinski definition) is 1. The lowest BCUT2D eigenvalue weighted by Crippen LogP contribution is -2.46. The molecule has 0 aromatic rings. The van der Waals surface area contributed by atoms with Gasteiger partial charge in [0.05, 0.1) is 6.42 Å². The molecule has 4 rings (SSSR count). The molecule has 0 atom stereocenters. The molecule has 0 aliphatic heterocycles. The fraction of sp³-hybridized carbons (Fsp3) is 0.812. The largest absolute Gasteiger partial charge is 0.481 e. The summed E-state index contributed by atoms with van der Waals surface area (Å²) < 4.78 is 0. The zero-order chi connectivity index (χ0) is 12.8. The van der Waals surface area contributed by atoms with E-state index in [0.29, 0.717) is 5.41 Å². The van der Waals surface area contributed by atoms with Crippen LogP contribution in [0.15, 0.2) is 11.6 Å². The third-order valence-electron chi connectivity index (χ3n) is 5.62. The van der Waals surface area contributed by atoms with Crippen LogP contribution >= 0.6 is 0 Å². The first-order chi connectivity index (χ1) is 8.61. The molecule has 0 saturated heterocycles. The lowest BCUT2D eigenvalue weighted by Gasteiger charge is -2.58. The van der Waals surface area contributed by atoms with Crippen molar-refractivity contribution in [3.63, 3.8) is 0 Å².